The minimum atomic E-state index is 0.380. The van der Waals surface area contributed by atoms with Crippen LogP contribution in [-0.2, 0) is 7.05 Å². The summed E-state index contributed by atoms with van der Waals surface area (Å²) in [5.41, 5.74) is 1.74. The summed E-state index contributed by atoms with van der Waals surface area (Å²) in [4.78, 5) is 0.380. The fraction of sp³-hybridized carbons (Fsp3) is 0.286. The Morgan fingerprint density at radius 3 is 2.69 bits per heavy atom. The molecule has 0 spiro atoms. The molecule has 0 fully saturated rings. The van der Waals surface area contributed by atoms with Crippen LogP contribution < -0.4 is 0 Å². The number of hydrogen-bond donors (Lipinski definition) is 0. The zero-order valence-corrected chi connectivity index (χ0v) is 8.74. The number of halogens is 1. The molecule has 0 saturated heterocycles. The molecule has 2 heterocycles. The van der Waals surface area contributed by atoms with Gasteiger partial charge in [0.05, 0.1) is 11.3 Å². The van der Waals surface area contributed by atoms with Gasteiger partial charge in [0.15, 0.2) is 0 Å². The van der Waals surface area contributed by atoms with E-state index < -0.39 is 0 Å². The van der Waals surface area contributed by atoms with Crippen LogP contribution in [-0.4, -0.2) is 20.0 Å². The molecule has 0 radical (unpaired) electrons. The molecule has 2 rings (SSSR count). The number of aromatic nitrogens is 4. The van der Waals surface area contributed by atoms with Crippen LogP contribution in [0.5, 0.6) is 0 Å². The number of rotatable bonds is 1. The summed E-state index contributed by atoms with van der Waals surface area (Å²) in [5, 5.41) is 11.7. The smallest absolute Gasteiger partial charge is 0.285 e. The van der Waals surface area contributed by atoms with Gasteiger partial charge in [-0.15, -0.1) is 10.2 Å². The van der Waals surface area contributed by atoms with Crippen molar-refractivity contribution < 1.29 is 4.42 Å². The van der Waals surface area contributed by atoms with Crippen molar-refractivity contribution in [2.45, 2.75) is 6.92 Å². The van der Waals surface area contributed by atoms with E-state index in [9.17, 15) is 0 Å². The summed E-state index contributed by atoms with van der Waals surface area (Å²) in [7, 11) is 1.85. The van der Waals surface area contributed by atoms with Crippen LogP contribution in [0.4, 0.5) is 0 Å². The van der Waals surface area contributed by atoms with Gasteiger partial charge < -0.3 is 4.42 Å². The van der Waals surface area contributed by atoms with Gasteiger partial charge in [0.1, 0.15) is 0 Å². The lowest BCUT2D eigenvalue weighted by molar-refractivity contribution is 0.540. The van der Waals surface area contributed by atoms with Gasteiger partial charge in [-0.2, -0.15) is 5.10 Å². The van der Waals surface area contributed by atoms with Crippen molar-refractivity contribution in [2.75, 3.05) is 0 Å². The molecular formula is C7H7BrN4O. The Kier molecular flexibility index (Phi) is 1.91. The van der Waals surface area contributed by atoms with E-state index in [0.717, 1.165) is 11.3 Å². The van der Waals surface area contributed by atoms with Crippen LogP contribution in [0.2, 0.25) is 0 Å². The number of hydrogen-bond acceptors (Lipinski definition) is 4. The highest BCUT2D eigenvalue weighted by Gasteiger charge is 2.12. The molecule has 0 aliphatic carbocycles. The zero-order chi connectivity index (χ0) is 9.42. The molecule has 0 aliphatic rings. The highest BCUT2D eigenvalue weighted by atomic mass is 79.9. The predicted molar refractivity (Wildman–Crippen MR) is 48.9 cm³/mol. The first-order chi connectivity index (χ1) is 6.16. The molecule has 0 saturated carbocycles. The molecule has 0 aromatic carbocycles. The topological polar surface area (TPSA) is 56.7 Å². The average Bonchev–Trinajstić information content (AvgIpc) is 2.58. The Balaban J connectivity index is 2.51. The zero-order valence-electron chi connectivity index (χ0n) is 7.15. The van der Waals surface area contributed by atoms with Gasteiger partial charge in [-0.1, -0.05) is 0 Å². The molecular weight excluding hydrogens is 236 g/mol. The van der Waals surface area contributed by atoms with Crippen LogP contribution in [0.1, 0.15) is 5.69 Å². The van der Waals surface area contributed by atoms with Crippen LogP contribution in [0, 0.1) is 6.92 Å². The first kappa shape index (κ1) is 8.43. The van der Waals surface area contributed by atoms with E-state index in [4.69, 9.17) is 4.42 Å². The molecule has 0 atom stereocenters. The summed E-state index contributed by atoms with van der Waals surface area (Å²) in [6.45, 7) is 1.90. The van der Waals surface area contributed by atoms with Crippen molar-refractivity contribution in [1.82, 2.24) is 20.0 Å². The minimum Gasteiger partial charge on any atom is -0.411 e. The molecule has 6 heteroatoms. The predicted octanol–water partition coefficient (Wildman–Crippen LogP) is 1.54. The Bertz CT molecular complexity index is 433. The molecule has 2 aromatic rings. The van der Waals surface area contributed by atoms with E-state index >= 15 is 0 Å². The molecule has 0 aliphatic heterocycles. The molecule has 0 amide bonds. The Hall–Kier alpha value is -1.17. The van der Waals surface area contributed by atoms with E-state index in [2.05, 4.69) is 31.2 Å². The van der Waals surface area contributed by atoms with Crippen LogP contribution in [0.15, 0.2) is 15.4 Å². The third-order valence-corrected chi connectivity index (χ3v) is 1.96. The lowest BCUT2D eigenvalue weighted by Crippen LogP contribution is -1.86. The van der Waals surface area contributed by atoms with E-state index in [1.165, 1.54) is 0 Å². The minimum absolute atomic E-state index is 0.380. The van der Waals surface area contributed by atoms with Crippen molar-refractivity contribution in [1.29, 1.82) is 0 Å². The van der Waals surface area contributed by atoms with E-state index in [0.29, 0.717) is 10.7 Å². The van der Waals surface area contributed by atoms with Crippen LogP contribution in [0.25, 0.3) is 11.5 Å². The van der Waals surface area contributed by atoms with Crippen LogP contribution in [0.3, 0.4) is 0 Å². The Morgan fingerprint density at radius 1 is 1.46 bits per heavy atom. The Labute approximate surface area is 82.9 Å². The second kappa shape index (κ2) is 2.95. The van der Waals surface area contributed by atoms with Gasteiger partial charge >= 0.3 is 0 Å². The van der Waals surface area contributed by atoms with Crippen molar-refractivity contribution >= 4 is 15.9 Å². The summed E-state index contributed by atoms with van der Waals surface area (Å²) in [6.07, 6.45) is 1.84. The monoisotopic (exact) mass is 242 g/mol. The normalized spacial score (nSPS) is 10.7. The Morgan fingerprint density at radius 2 is 2.23 bits per heavy atom. The van der Waals surface area contributed by atoms with Gasteiger partial charge in [0.25, 0.3) is 10.7 Å². The highest BCUT2D eigenvalue weighted by molar-refractivity contribution is 9.10. The van der Waals surface area contributed by atoms with Crippen LogP contribution >= 0.6 is 15.9 Å². The third-order valence-electron chi connectivity index (χ3n) is 1.64. The van der Waals surface area contributed by atoms with E-state index in [1.807, 2.05) is 20.2 Å². The van der Waals surface area contributed by atoms with Gasteiger partial charge in [-0.05, 0) is 6.92 Å². The first-order valence-electron chi connectivity index (χ1n) is 3.66. The quantitative estimate of drug-likeness (QED) is 0.762. The molecule has 68 valence electrons. The maximum absolute atomic E-state index is 5.20. The average molecular weight is 243 g/mol. The summed E-state index contributed by atoms with van der Waals surface area (Å²) < 4.78 is 6.92. The highest BCUT2D eigenvalue weighted by Crippen LogP contribution is 2.22. The van der Waals surface area contributed by atoms with E-state index in [-0.39, 0.29) is 0 Å². The fourth-order valence-electron chi connectivity index (χ4n) is 1.12. The van der Waals surface area contributed by atoms with Gasteiger partial charge in [0, 0.05) is 29.2 Å². The second-order valence-electron chi connectivity index (χ2n) is 2.66. The SMILES string of the molecule is Cc1nn(C)cc1-c1nnc(Br)o1. The molecule has 5 nitrogen and oxygen atoms in total. The first-order valence-corrected chi connectivity index (χ1v) is 4.46. The summed E-state index contributed by atoms with van der Waals surface area (Å²) in [6, 6.07) is 0. The van der Waals surface area contributed by atoms with Gasteiger partial charge in [-0.25, -0.2) is 0 Å². The molecule has 13 heavy (non-hydrogen) atoms. The maximum Gasteiger partial charge on any atom is 0.285 e. The summed E-state index contributed by atoms with van der Waals surface area (Å²) in [5.74, 6) is 0.484. The molecule has 0 bridgehead atoms. The number of aryl methyl sites for hydroxylation is 2. The second-order valence-corrected chi connectivity index (χ2v) is 3.34. The molecule has 2 aromatic heterocycles. The molecule has 0 unspecified atom stereocenters. The lowest BCUT2D eigenvalue weighted by atomic mass is 10.3. The van der Waals surface area contributed by atoms with Crippen molar-refractivity contribution in [3.63, 3.8) is 0 Å². The van der Waals surface area contributed by atoms with E-state index in [1.54, 1.807) is 4.68 Å². The number of nitrogens with zero attached hydrogens (tertiary/aromatic N) is 4. The van der Waals surface area contributed by atoms with Crippen molar-refractivity contribution in [3.8, 4) is 11.5 Å². The largest absolute Gasteiger partial charge is 0.411 e. The standard InChI is InChI=1S/C7H7BrN4O/c1-4-5(3-12(2)11-4)6-9-10-7(8)13-6/h3H,1-2H3. The maximum atomic E-state index is 5.20. The third kappa shape index (κ3) is 1.49. The fourth-order valence-corrected chi connectivity index (χ4v) is 1.36. The van der Waals surface area contributed by atoms with Gasteiger partial charge in [-0.3, -0.25) is 4.68 Å². The lowest BCUT2D eigenvalue weighted by Gasteiger charge is -1.86. The van der Waals surface area contributed by atoms with Crippen molar-refractivity contribution in [2.24, 2.45) is 7.05 Å². The van der Waals surface area contributed by atoms with Crippen molar-refractivity contribution in [3.05, 3.63) is 16.7 Å². The molecule has 0 N–H and O–H groups in total. The van der Waals surface area contributed by atoms with Gasteiger partial charge in [0.2, 0.25) is 0 Å². The summed E-state index contributed by atoms with van der Waals surface area (Å²) >= 11 is 3.09.